The van der Waals surface area contributed by atoms with Crippen molar-refractivity contribution in [2.24, 2.45) is 0 Å². The lowest BCUT2D eigenvalue weighted by Gasteiger charge is -2.17. The fraction of sp³-hybridized carbons (Fsp3) is 0.0714. The maximum Gasteiger partial charge on any atom is 0.258 e. The van der Waals surface area contributed by atoms with E-state index in [2.05, 4.69) is 22.6 Å². The van der Waals surface area contributed by atoms with Crippen molar-refractivity contribution in [2.75, 3.05) is 11.9 Å². The summed E-state index contributed by atoms with van der Waals surface area (Å²) in [5.41, 5.74) is 1.50. The number of carbonyl (C=O) groups is 1. The van der Waals surface area contributed by atoms with E-state index in [1.807, 2.05) is 36.4 Å². The molecule has 0 aromatic heterocycles. The summed E-state index contributed by atoms with van der Waals surface area (Å²) in [6.45, 7) is 0. The highest BCUT2D eigenvalue weighted by atomic mass is 127. The lowest BCUT2D eigenvalue weighted by molar-refractivity contribution is 0.0993. The smallest absolute Gasteiger partial charge is 0.258 e. The van der Waals surface area contributed by atoms with Crippen molar-refractivity contribution in [3.8, 4) is 0 Å². The van der Waals surface area contributed by atoms with Gasteiger partial charge in [-0.2, -0.15) is 0 Å². The molecule has 0 aliphatic heterocycles. The summed E-state index contributed by atoms with van der Waals surface area (Å²) in [5, 5.41) is 0.661. The van der Waals surface area contributed by atoms with E-state index in [9.17, 15) is 4.79 Å². The second-order valence-corrected chi connectivity index (χ2v) is 5.53. The Balaban J connectivity index is 2.26. The molecule has 0 bridgehead atoms. The van der Waals surface area contributed by atoms with Crippen molar-refractivity contribution in [3.63, 3.8) is 0 Å². The van der Waals surface area contributed by atoms with Gasteiger partial charge in [-0.25, -0.2) is 0 Å². The van der Waals surface area contributed by atoms with E-state index in [1.165, 1.54) is 0 Å². The van der Waals surface area contributed by atoms with Gasteiger partial charge < -0.3 is 4.90 Å². The predicted molar refractivity (Wildman–Crippen MR) is 83.3 cm³/mol. The predicted octanol–water partition coefficient (Wildman–Crippen LogP) is 4.22. The number of anilines is 1. The van der Waals surface area contributed by atoms with Gasteiger partial charge in [0.05, 0.1) is 0 Å². The average molecular weight is 372 g/mol. The van der Waals surface area contributed by atoms with E-state index in [4.69, 9.17) is 11.6 Å². The van der Waals surface area contributed by atoms with Crippen molar-refractivity contribution in [2.45, 2.75) is 0 Å². The van der Waals surface area contributed by atoms with Gasteiger partial charge in [0.25, 0.3) is 5.91 Å². The number of amides is 1. The fourth-order valence-electron chi connectivity index (χ4n) is 1.60. The topological polar surface area (TPSA) is 20.3 Å². The first-order valence-corrected chi connectivity index (χ1v) is 6.83. The van der Waals surface area contributed by atoms with E-state index in [0.717, 1.165) is 9.26 Å². The summed E-state index contributed by atoms with van der Waals surface area (Å²) in [5.74, 6) is -0.0316. The Morgan fingerprint density at radius 1 is 1.17 bits per heavy atom. The van der Waals surface area contributed by atoms with Crippen LogP contribution in [0.25, 0.3) is 0 Å². The highest BCUT2D eigenvalue weighted by molar-refractivity contribution is 14.1. The third-order valence-corrected chi connectivity index (χ3v) is 3.51. The Kier molecular flexibility index (Phi) is 4.24. The summed E-state index contributed by atoms with van der Waals surface area (Å²) in [7, 11) is 1.76. The second-order valence-electron chi connectivity index (χ2n) is 3.85. The lowest BCUT2D eigenvalue weighted by Crippen LogP contribution is -2.26. The SMILES string of the molecule is CN(C(=O)c1cccc(I)c1)c1ccc(Cl)cc1. The highest BCUT2D eigenvalue weighted by Crippen LogP contribution is 2.19. The Morgan fingerprint density at radius 3 is 2.44 bits per heavy atom. The molecule has 0 saturated heterocycles. The minimum absolute atomic E-state index is 0.0316. The zero-order valence-corrected chi connectivity index (χ0v) is 12.6. The Morgan fingerprint density at radius 2 is 1.83 bits per heavy atom. The molecule has 2 aromatic carbocycles. The molecule has 0 saturated carbocycles. The first kappa shape index (κ1) is 13.4. The van der Waals surface area contributed by atoms with Crippen molar-refractivity contribution in [1.29, 1.82) is 0 Å². The second kappa shape index (κ2) is 5.71. The molecule has 2 nitrogen and oxygen atoms in total. The molecule has 0 unspecified atom stereocenters. The first-order valence-electron chi connectivity index (χ1n) is 5.37. The van der Waals surface area contributed by atoms with E-state index < -0.39 is 0 Å². The molecule has 92 valence electrons. The van der Waals surface area contributed by atoms with E-state index in [-0.39, 0.29) is 5.91 Å². The lowest BCUT2D eigenvalue weighted by atomic mass is 10.2. The van der Waals surface area contributed by atoms with Gasteiger partial charge in [-0.1, -0.05) is 17.7 Å². The molecule has 0 spiro atoms. The number of hydrogen-bond donors (Lipinski definition) is 0. The largest absolute Gasteiger partial charge is 0.311 e. The van der Waals surface area contributed by atoms with E-state index in [1.54, 1.807) is 24.1 Å². The summed E-state index contributed by atoms with van der Waals surface area (Å²) < 4.78 is 1.04. The van der Waals surface area contributed by atoms with Gasteiger partial charge in [0.2, 0.25) is 0 Å². The molecular formula is C14H11ClINO. The normalized spacial score (nSPS) is 10.2. The third-order valence-electron chi connectivity index (χ3n) is 2.59. The van der Waals surface area contributed by atoms with Crippen molar-refractivity contribution >= 4 is 45.8 Å². The van der Waals surface area contributed by atoms with Crippen LogP contribution in [-0.4, -0.2) is 13.0 Å². The quantitative estimate of drug-likeness (QED) is 0.724. The minimum atomic E-state index is -0.0316. The molecule has 0 atom stereocenters. The van der Waals surface area contributed by atoms with Gasteiger partial charge in [-0.05, 0) is 65.1 Å². The molecule has 1 amide bonds. The van der Waals surface area contributed by atoms with Crippen molar-refractivity contribution < 1.29 is 4.79 Å². The monoisotopic (exact) mass is 371 g/mol. The molecule has 0 N–H and O–H groups in total. The molecule has 4 heteroatoms. The van der Waals surface area contributed by atoms with Crippen LogP contribution in [0.5, 0.6) is 0 Å². The van der Waals surface area contributed by atoms with Crippen LogP contribution in [0.4, 0.5) is 5.69 Å². The molecule has 18 heavy (non-hydrogen) atoms. The number of benzene rings is 2. The number of nitrogens with zero attached hydrogens (tertiary/aromatic N) is 1. The summed E-state index contributed by atoms with van der Waals surface area (Å²) >= 11 is 8.02. The number of rotatable bonds is 2. The maximum atomic E-state index is 12.3. The van der Waals surface area contributed by atoms with Gasteiger partial charge in [0.1, 0.15) is 0 Å². The standard InChI is InChI=1S/C14H11ClINO/c1-17(13-7-5-11(15)6-8-13)14(18)10-3-2-4-12(16)9-10/h2-9H,1H3. The molecule has 2 aromatic rings. The van der Waals surface area contributed by atoms with Crippen LogP contribution in [0.2, 0.25) is 5.02 Å². The molecule has 0 radical (unpaired) electrons. The van der Waals surface area contributed by atoms with Crippen LogP contribution in [-0.2, 0) is 0 Å². The molecule has 0 aliphatic rings. The Bertz CT molecular complexity index is 568. The van der Waals surface area contributed by atoms with Crippen LogP contribution in [0.3, 0.4) is 0 Å². The fourth-order valence-corrected chi connectivity index (χ4v) is 2.27. The number of hydrogen-bond acceptors (Lipinski definition) is 1. The van der Waals surface area contributed by atoms with Gasteiger partial charge in [0, 0.05) is 26.9 Å². The molecule has 0 aliphatic carbocycles. The zero-order chi connectivity index (χ0) is 13.1. The average Bonchev–Trinajstić information content (AvgIpc) is 2.38. The van der Waals surface area contributed by atoms with E-state index in [0.29, 0.717) is 10.6 Å². The van der Waals surface area contributed by atoms with E-state index >= 15 is 0 Å². The van der Waals surface area contributed by atoms with Gasteiger partial charge in [-0.15, -0.1) is 0 Å². The maximum absolute atomic E-state index is 12.3. The first-order chi connectivity index (χ1) is 8.58. The Labute approximate surface area is 125 Å². The van der Waals surface area contributed by atoms with Crippen molar-refractivity contribution in [1.82, 2.24) is 0 Å². The summed E-state index contributed by atoms with van der Waals surface area (Å²) in [6, 6.07) is 14.7. The third kappa shape index (κ3) is 3.03. The Hall–Kier alpha value is -1.07. The van der Waals surface area contributed by atoms with Gasteiger partial charge in [0.15, 0.2) is 0 Å². The molecule has 2 rings (SSSR count). The van der Waals surface area contributed by atoms with Crippen LogP contribution in [0.1, 0.15) is 10.4 Å². The van der Waals surface area contributed by atoms with Crippen LogP contribution in [0.15, 0.2) is 48.5 Å². The van der Waals surface area contributed by atoms with Gasteiger partial charge >= 0.3 is 0 Å². The van der Waals surface area contributed by atoms with Crippen LogP contribution < -0.4 is 4.90 Å². The molecule has 0 fully saturated rings. The number of carbonyl (C=O) groups excluding carboxylic acids is 1. The highest BCUT2D eigenvalue weighted by Gasteiger charge is 2.13. The number of halogens is 2. The van der Waals surface area contributed by atoms with Crippen LogP contribution >= 0.6 is 34.2 Å². The molecular weight excluding hydrogens is 361 g/mol. The minimum Gasteiger partial charge on any atom is -0.311 e. The summed E-state index contributed by atoms with van der Waals surface area (Å²) in [4.78, 5) is 13.9. The van der Waals surface area contributed by atoms with Gasteiger partial charge in [-0.3, -0.25) is 4.79 Å². The summed E-state index contributed by atoms with van der Waals surface area (Å²) in [6.07, 6.45) is 0. The zero-order valence-electron chi connectivity index (χ0n) is 9.73. The molecule has 0 heterocycles. The van der Waals surface area contributed by atoms with Crippen LogP contribution in [0, 0.1) is 3.57 Å². The van der Waals surface area contributed by atoms with Crippen molar-refractivity contribution in [3.05, 3.63) is 62.7 Å².